The van der Waals surface area contributed by atoms with Crippen molar-refractivity contribution in [3.05, 3.63) is 12.2 Å². The Morgan fingerprint density at radius 2 is 2.14 bits per heavy atom. The van der Waals surface area contributed by atoms with Crippen LogP contribution in [0.5, 0.6) is 0 Å². The van der Waals surface area contributed by atoms with Crippen molar-refractivity contribution < 1.29 is 5.11 Å². The Bertz CT molecular complexity index is 181. The summed E-state index contributed by atoms with van der Waals surface area (Å²) in [4.78, 5) is 0. The quantitative estimate of drug-likeness (QED) is 0.477. The predicted molar refractivity (Wildman–Crippen MR) is 58.8 cm³/mol. The third-order valence-electron chi connectivity index (χ3n) is 2.13. The fraction of sp³-hybridized carbons (Fsp3) is 0.750. The minimum absolute atomic E-state index is 0.430. The van der Waals surface area contributed by atoms with Crippen LogP contribution in [0.15, 0.2) is 12.2 Å². The van der Waals surface area contributed by atoms with Crippen LogP contribution >= 0.6 is 0 Å². The SMILES string of the molecule is CCCCCCC=CC(O)CCC#N. The maximum atomic E-state index is 9.35. The summed E-state index contributed by atoms with van der Waals surface area (Å²) >= 11 is 0. The lowest BCUT2D eigenvalue weighted by molar-refractivity contribution is 0.214. The van der Waals surface area contributed by atoms with Gasteiger partial charge in [0.05, 0.1) is 12.2 Å². The molecule has 0 saturated carbocycles. The highest BCUT2D eigenvalue weighted by molar-refractivity contribution is 4.89. The summed E-state index contributed by atoms with van der Waals surface area (Å²) in [6, 6.07) is 2.02. The molecule has 0 saturated heterocycles. The number of aliphatic hydroxyl groups excluding tert-OH is 1. The van der Waals surface area contributed by atoms with Crippen LogP contribution in [0.1, 0.15) is 51.9 Å². The van der Waals surface area contributed by atoms with E-state index in [-0.39, 0.29) is 0 Å². The molecular weight excluding hydrogens is 174 g/mol. The molecule has 2 heteroatoms. The Kier molecular flexibility index (Phi) is 9.68. The molecule has 14 heavy (non-hydrogen) atoms. The van der Waals surface area contributed by atoms with Gasteiger partial charge in [-0.3, -0.25) is 0 Å². The molecule has 0 amide bonds. The summed E-state index contributed by atoms with van der Waals surface area (Å²) in [7, 11) is 0. The van der Waals surface area contributed by atoms with Crippen LogP contribution in [0.4, 0.5) is 0 Å². The van der Waals surface area contributed by atoms with Crippen LogP contribution < -0.4 is 0 Å². The molecule has 0 radical (unpaired) electrons. The van der Waals surface area contributed by atoms with E-state index >= 15 is 0 Å². The first-order chi connectivity index (χ1) is 6.81. The Balaban J connectivity index is 3.29. The molecule has 0 aliphatic carbocycles. The van der Waals surface area contributed by atoms with Gasteiger partial charge in [-0.05, 0) is 19.3 Å². The number of hydrogen-bond donors (Lipinski definition) is 1. The van der Waals surface area contributed by atoms with Crippen molar-refractivity contribution in [3.8, 4) is 6.07 Å². The van der Waals surface area contributed by atoms with E-state index in [2.05, 4.69) is 6.92 Å². The number of aliphatic hydroxyl groups is 1. The summed E-state index contributed by atoms with van der Waals surface area (Å²) in [5.41, 5.74) is 0. The summed E-state index contributed by atoms with van der Waals surface area (Å²) in [6.45, 7) is 2.20. The Morgan fingerprint density at radius 3 is 2.79 bits per heavy atom. The van der Waals surface area contributed by atoms with Crippen molar-refractivity contribution in [1.82, 2.24) is 0 Å². The Hall–Kier alpha value is -0.810. The van der Waals surface area contributed by atoms with Crippen LogP contribution in [-0.4, -0.2) is 11.2 Å². The number of nitriles is 1. The van der Waals surface area contributed by atoms with E-state index in [4.69, 9.17) is 5.26 Å². The summed E-state index contributed by atoms with van der Waals surface area (Å²) in [5.74, 6) is 0. The largest absolute Gasteiger partial charge is 0.389 e. The van der Waals surface area contributed by atoms with Crippen molar-refractivity contribution >= 4 is 0 Å². The normalized spacial score (nSPS) is 12.9. The summed E-state index contributed by atoms with van der Waals surface area (Å²) in [6.07, 6.45) is 10.5. The number of nitrogens with zero attached hydrogens (tertiary/aromatic N) is 1. The highest BCUT2D eigenvalue weighted by Gasteiger charge is 1.96. The molecule has 0 heterocycles. The highest BCUT2D eigenvalue weighted by atomic mass is 16.3. The average Bonchev–Trinajstić information content (AvgIpc) is 2.20. The number of unbranched alkanes of at least 4 members (excludes halogenated alkanes) is 4. The minimum atomic E-state index is -0.430. The fourth-order valence-corrected chi connectivity index (χ4v) is 1.25. The zero-order valence-corrected chi connectivity index (χ0v) is 9.08. The van der Waals surface area contributed by atoms with Gasteiger partial charge in [0, 0.05) is 6.42 Å². The molecule has 0 bridgehead atoms. The van der Waals surface area contributed by atoms with E-state index in [0.29, 0.717) is 12.8 Å². The molecule has 1 N–H and O–H groups in total. The first-order valence-corrected chi connectivity index (χ1v) is 5.53. The first kappa shape index (κ1) is 13.2. The van der Waals surface area contributed by atoms with Crippen molar-refractivity contribution in [1.29, 1.82) is 5.26 Å². The van der Waals surface area contributed by atoms with Crippen molar-refractivity contribution in [2.45, 2.75) is 58.0 Å². The lowest BCUT2D eigenvalue weighted by atomic mass is 10.1. The molecule has 0 rings (SSSR count). The second kappa shape index (κ2) is 10.3. The van der Waals surface area contributed by atoms with Gasteiger partial charge < -0.3 is 5.11 Å². The average molecular weight is 195 g/mol. The molecule has 1 atom stereocenters. The zero-order valence-electron chi connectivity index (χ0n) is 9.08. The van der Waals surface area contributed by atoms with Crippen LogP contribution in [0.25, 0.3) is 0 Å². The van der Waals surface area contributed by atoms with Gasteiger partial charge >= 0.3 is 0 Å². The minimum Gasteiger partial charge on any atom is -0.389 e. The van der Waals surface area contributed by atoms with Crippen LogP contribution in [0.3, 0.4) is 0 Å². The molecule has 0 fully saturated rings. The van der Waals surface area contributed by atoms with E-state index in [1.165, 1.54) is 25.7 Å². The maximum absolute atomic E-state index is 9.35. The molecule has 0 spiro atoms. The van der Waals surface area contributed by atoms with E-state index in [1.54, 1.807) is 0 Å². The topological polar surface area (TPSA) is 44.0 Å². The summed E-state index contributed by atoms with van der Waals surface area (Å²) in [5, 5.41) is 17.6. The third-order valence-corrected chi connectivity index (χ3v) is 2.13. The Morgan fingerprint density at radius 1 is 1.36 bits per heavy atom. The Labute approximate surface area is 87.3 Å². The zero-order chi connectivity index (χ0) is 10.6. The number of allylic oxidation sites excluding steroid dienone is 1. The van der Waals surface area contributed by atoms with Gasteiger partial charge in [-0.2, -0.15) is 5.26 Å². The molecule has 0 aromatic rings. The van der Waals surface area contributed by atoms with Gasteiger partial charge in [0.2, 0.25) is 0 Å². The predicted octanol–water partition coefficient (Wildman–Crippen LogP) is 3.18. The molecule has 0 aromatic heterocycles. The van der Waals surface area contributed by atoms with Crippen LogP contribution in [0, 0.1) is 11.3 Å². The van der Waals surface area contributed by atoms with Crippen LogP contribution in [0.2, 0.25) is 0 Å². The molecule has 80 valence electrons. The molecule has 0 aliphatic heterocycles. The van der Waals surface area contributed by atoms with E-state index in [9.17, 15) is 5.11 Å². The van der Waals surface area contributed by atoms with Gasteiger partial charge in [-0.1, -0.05) is 38.3 Å². The van der Waals surface area contributed by atoms with Crippen molar-refractivity contribution in [2.75, 3.05) is 0 Å². The van der Waals surface area contributed by atoms with E-state index < -0.39 is 6.10 Å². The number of rotatable bonds is 8. The second-order valence-corrected chi connectivity index (χ2v) is 3.54. The van der Waals surface area contributed by atoms with Crippen molar-refractivity contribution in [3.63, 3.8) is 0 Å². The van der Waals surface area contributed by atoms with Gasteiger partial charge in [0.15, 0.2) is 0 Å². The first-order valence-electron chi connectivity index (χ1n) is 5.53. The fourth-order valence-electron chi connectivity index (χ4n) is 1.25. The smallest absolute Gasteiger partial charge is 0.0730 e. The standard InChI is InChI=1S/C12H21NO/c1-2-3-4-5-6-7-9-12(14)10-8-11-13/h7,9,12,14H,2-6,8,10H2,1H3. The van der Waals surface area contributed by atoms with E-state index in [0.717, 1.165) is 6.42 Å². The monoisotopic (exact) mass is 195 g/mol. The summed E-state index contributed by atoms with van der Waals surface area (Å²) < 4.78 is 0. The molecule has 0 aliphatic rings. The maximum Gasteiger partial charge on any atom is 0.0730 e. The van der Waals surface area contributed by atoms with Gasteiger partial charge in [-0.15, -0.1) is 0 Å². The van der Waals surface area contributed by atoms with Gasteiger partial charge in [0.1, 0.15) is 0 Å². The number of hydrogen-bond acceptors (Lipinski definition) is 2. The molecular formula is C12H21NO. The molecule has 1 unspecified atom stereocenters. The van der Waals surface area contributed by atoms with Gasteiger partial charge in [-0.25, -0.2) is 0 Å². The van der Waals surface area contributed by atoms with Gasteiger partial charge in [0.25, 0.3) is 0 Å². The van der Waals surface area contributed by atoms with E-state index in [1.807, 2.05) is 18.2 Å². The second-order valence-electron chi connectivity index (χ2n) is 3.54. The lowest BCUT2D eigenvalue weighted by Gasteiger charge is -2.00. The molecule has 0 aromatic carbocycles. The lowest BCUT2D eigenvalue weighted by Crippen LogP contribution is -2.00. The highest BCUT2D eigenvalue weighted by Crippen LogP contribution is 2.04. The molecule has 2 nitrogen and oxygen atoms in total. The third kappa shape index (κ3) is 9.28. The van der Waals surface area contributed by atoms with Crippen LogP contribution in [-0.2, 0) is 0 Å². The van der Waals surface area contributed by atoms with Crippen molar-refractivity contribution in [2.24, 2.45) is 0 Å².